The van der Waals surface area contributed by atoms with Crippen LogP contribution in [-0.2, 0) is 5.60 Å². The summed E-state index contributed by atoms with van der Waals surface area (Å²) in [6.45, 7) is 6.02. The molecule has 0 bridgehead atoms. The van der Waals surface area contributed by atoms with Gasteiger partial charge in [-0.15, -0.1) is 0 Å². The molecule has 4 heteroatoms. The molecule has 0 radical (unpaired) electrons. The molecule has 1 aliphatic rings. The van der Waals surface area contributed by atoms with E-state index in [1.165, 1.54) is 25.9 Å². The van der Waals surface area contributed by atoms with Gasteiger partial charge in [0.2, 0.25) is 0 Å². The van der Waals surface area contributed by atoms with Gasteiger partial charge in [-0.1, -0.05) is 37.3 Å². The van der Waals surface area contributed by atoms with Crippen LogP contribution in [0.4, 0.5) is 0 Å². The number of aliphatic hydroxyl groups is 1. The van der Waals surface area contributed by atoms with Crippen LogP contribution < -0.4 is 9.47 Å². The number of para-hydroxylation sites is 1. The number of hydrogen-bond donors (Lipinski definition) is 1. The number of benzene rings is 2. The highest BCUT2D eigenvalue weighted by molar-refractivity contribution is 5.45. The molecule has 26 heavy (non-hydrogen) atoms. The highest BCUT2D eigenvalue weighted by Crippen LogP contribution is 2.38. The summed E-state index contributed by atoms with van der Waals surface area (Å²) in [5, 5.41) is 11.4. The first-order valence-electron chi connectivity index (χ1n) is 9.49. The maximum atomic E-state index is 11.4. The highest BCUT2D eigenvalue weighted by Gasteiger charge is 2.32. The molecule has 0 aromatic heterocycles. The molecule has 1 N–H and O–H groups in total. The van der Waals surface area contributed by atoms with E-state index < -0.39 is 5.60 Å². The molecule has 0 spiro atoms. The molecular weight excluding hydrogens is 326 g/mol. The second-order valence-corrected chi connectivity index (χ2v) is 6.84. The van der Waals surface area contributed by atoms with Crippen molar-refractivity contribution in [2.24, 2.45) is 0 Å². The Bertz CT molecular complexity index is 695. The topological polar surface area (TPSA) is 41.9 Å². The Labute approximate surface area is 156 Å². The van der Waals surface area contributed by atoms with Gasteiger partial charge in [0.15, 0.2) is 0 Å². The van der Waals surface area contributed by atoms with Crippen molar-refractivity contribution in [3.8, 4) is 11.5 Å². The summed E-state index contributed by atoms with van der Waals surface area (Å²) in [5.74, 6) is 1.54. The van der Waals surface area contributed by atoms with Crippen molar-refractivity contribution < 1.29 is 14.6 Å². The number of methoxy groups -OCH3 is 1. The second kappa shape index (κ2) is 8.56. The van der Waals surface area contributed by atoms with Crippen LogP contribution in [0.2, 0.25) is 0 Å². The monoisotopic (exact) mass is 355 g/mol. The quantitative estimate of drug-likeness (QED) is 0.782. The summed E-state index contributed by atoms with van der Waals surface area (Å²) in [6.07, 6.45) is 3.16. The van der Waals surface area contributed by atoms with Crippen LogP contribution in [0.1, 0.15) is 37.3 Å². The molecule has 0 aliphatic carbocycles. The normalized spacial score (nSPS) is 17.0. The van der Waals surface area contributed by atoms with Gasteiger partial charge in [-0.05, 0) is 56.1 Å². The minimum Gasteiger partial charge on any atom is -0.496 e. The lowest BCUT2D eigenvalue weighted by Gasteiger charge is -2.29. The van der Waals surface area contributed by atoms with Crippen molar-refractivity contribution in [2.45, 2.75) is 31.8 Å². The molecule has 1 fully saturated rings. The van der Waals surface area contributed by atoms with Crippen molar-refractivity contribution in [3.63, 3.8) is 0 Å². The Morgan fingerprint density at radius 3 is 2.38 bits per heavy atom. The Kier molecular flexibility index (Phi) is 6.17. The SMILES string of the molecule is CCC(O)(c1ccc(OCCN2CCCC2)cc1)c1ccccc1OC. The number of likely N-dealkylation sites (tertiary alicyclic amines) is 1. The molecule has 1 heterocycles. The van der Waals surface area contributed by atoms with E-state index in [4.69, 9.17) is 9.47 Å². The zero-order valence-corrected chi connectivity index (χ0v) is 15.8. The van der Waals surface area contributed by atoms with Crippen LogP contribution in [-0.4, -0.2) is 43.4 Å². The first-order valence-corrected chi connectivity index (χ1v) is 9.49. The largest absolute Gasteiger partial charge is 0.496 e. The van der Waals surface area contributed by atoms with E-state index in [9.17, 15) is 5.11 Å². The molecule has 4 nitrogen and oxygen atoms in total. The van der Waals surface area contributed by atoms with E-state index in [0.717, 1.165) is 23.4 Å². The molecule has 1 atom stereocenters. The zero-order valence-electron chi connectivity index (χ0n) is 15.8. The van der Waals surface area contributed by atoms with Crippen molar-refractivity contribution in [3.05, 3.63) is 59.7 Å². The van der Waals surface area contributed by atoms with Crippen molar-refractivity contribution in [2.75, 3.05) is 33.4 Å². The van der Waals surface area contributed by atoms with Crippen molar-refractivity contribution in [1.82, 2.24) is 4.90 Å². The smallest absolute Gasteiger partial charge is 0.125 e. The summed E-state index contributed by atoms with van der Waals surface area (Å²) in [6, 6.07) is 15.4. The van der Waals surface area contributed by atoms with Crippen molar-refractivity contribution >= 4 is 0 Å². The van der Waals surface area contributed by atoms with Gasteiger partial charge in [-0.3, -0.25) is 4.90 Å². The molecule has 2 aromatic rings. The van der Waals surface area contributed by atoms with Gasteiger partial charge in [0.05, 0.1) is 7.11 Å². The van der Waals surface area contributed by atoms with Crippen LogP contribution in [0.5, 0.6) is 11.5 Å². The van der Waals surface area contributed by atoms with Crippen LogP contribution in [0.3, 0.4) is 0 Å². The fourth-order valence-corrected chi connectivity index (χ4v) is 3.66. The maximum Gasteiger partial charge on any atom is 0.125 e. The molecule has 0 saturated carbocycles. The molecule has 2 aromatic carbocycles. The Balaban J connectivity index is 1.70. The molecule has 1 saturated heterocycles. The Morgan fingerprint density at radius 1 is 1.04 bits per heavy atom. The second-order valence-electron chi connectivity index (χ2n) is 6.84. The van der Waals surface area contributed by atoms with E-state index in [0.29, 0.717) is 18.8 Å². The third-order valence-corrected chi connectivity index (χ3v) is 5.27. The van der Waals surface area contributed by atoms with E-state index in [1.807, 2.05) is 55.5 Å². The van der Waals surface area contributed by atoms with Crippen LogP contribution in [0, 0.1) is 0 Å². The molecule has 1 unspecified atom stereocenters. The predicted octanol–water partition coefficient (Wildman–Crippen LogP) is 3.82. The van der Waals surface area contributed by atoms with Crippen LogP contribution in [0.25, 0.3) is 0 Å². The van der Waals surface area contributed by atoms with Gasteiger partial charge >= 0.3 is 0 Å². The van der Waals surface area contributed by atoms with E-state index in [-0.39, 0.29) is 0 Å². The van der Waals surface area contributed by atoms with Gasteiger partial charge in [-0.25, -0.2) is 0 Å². The van der Waals surface area contributed by atoms with E-state index in [2.05, 4.69) is 4.90 Å². The first kappa shape index (κ1) is 18.7. The van der Waals surface area contributed by atoms with Gasteiger partial charge < -0.3 is 14.6 Å². The van der Waals surface area contributed by atoms with Gasteiger partial charge in [-0.2, -0.15) is 0 Å². The summed E-state index contributed by atoms with van der Waals surface area (Å²) >= 11 is 0. The summed E-state index contributed by atoms with van der Waals surface area (Å²) in [4.78, 5) is 2.44. The Morgan fingerprint density at radius 2 is 1.73 bits per heavy atom. The summed E-state index contributed by atoms with van der Waals surface area (Å²) in [7, 11) is 1.63. The highest BCUT2D eigenvalue weighted by atomic mass is 16.5. The molecule has 1 aliphatic heterocycles. The summed E-state index contributed by atoms with van der Waals surface area (Å²) < 4.78 is 11.3. The van der Waals surface area contributed by atoms with Crippen LogP contribution in [0.15, 0.2) is 48.5 Å². The molecule has 0 amide bonds. The van der Waals surface area contributed by atoms with Gasteiger partial charge in [0.1, 0.15) is 23.7 Å². The third-order valence-electron chi connectivity index (χ3n) is 5.27. The lowest BCUT2D eigenvalue weighted by Crippen LogP contribution is -2.27. The zero-order chi connectivity index (χ0) is 18.4. The number of hydrogen-bond acceptors (Lipinski definition) is 4. The summed E-state index contributed by atoms with van der Waals surface area (Å²) in [5.41, 5.74) is 0.546. The number of nitrogens with zero attached hydrogens (tertiary/aromatic N) is 1. The predicted molar refractivity (Wildman–Crippen MR) is 104 cm³/mol. The van der Waals surface area contributed by atoms with Crippen molar-refractivity contribution in [1.29, 1.82) is 0 Å². The molecule has 3 rings (SSSR count). The fraction of sp³-hybridized carbons (Fsp3) is 0.455. The average molecular weight is 355 g/mol. The minimum absolute atomic E-state index is 0.558. The third kappa shape index (κ3) is 4.02. The average Bonchev–Trinajstić information content (AvgIpc) is 3.21. The van der Waals surface area contributed by atoms with Crippen LogP contribution >= 0.6 is 0 Å². The Hall–Kier alpha value is -2.04. The minimum atomic E-state index is -1.08. The number of ether oxygens (including phenoxy) is 2. The van der Waals surface area contributed by atoms with E-state index in [1.54, 1.807) is 7.11 Å². The number of rotatable bonds is 8. The van der Waals surface area contributed by atoms with E-state index >= 15 is 0 Å². The lowest BCUT2D eigenvalue weighted by atomic mass is 9.83. The fourth-order valence-electron chi connectivity index (χ4n) is 3.66. The van der Waals surface area contributed by atoms with Gasteiger partial charge in [0.25, 0.3) is 0 Å². The standard InChI is InChI=1S/C22H29NO3/c1-3-22(24,20-8-4-5-9-21(20)25-2)18-10-12-19(13-11-18)26-17-16-23-14-6-7-15-23/h4-5,8-13,24H,3,6-7,14-17H2,1-2H3. The maximum absolute atomic E-state index is 11.4. The molecule has 140 valence electrons. The first-order chi connectivity index (χ1) is 12.7. The van der Waals surface area contributed by atoms with Gasteiger partial charge in [0, 0.05) is 12.1 Å². The molecular formula is C22H29NO3. The lowest BCUT2D eigenvalue weighted by molar-refractivity contribution is 0.0736.